The van der Waals surface area contributed by atoms with Crippen LogP contribution in [-0.2, 0) is 0 Å². The van der Waals surface area contributed by atoms with E-state index in [0.717, 1.165) is 29.9 Å². The van der Waals surface area contributed by atoms with Crippen LogP contribution in [-0.4, -0.2) is 23.2 Å². The lowest BCUT2D eigenvalue weighted by Gasteiger charge is -2.29. The minimum absolute atomic E-state index is 0.130. The Morgan fingerprint density at radius 1 is 1.53 bits per heavy atom. The van der Waals surface area contributed by atoms with Gasteiger partial charge in [0.15, 0.2) is 0 Å². The van der Waals surface area contributed by atoms with Crippen molar-refractivity contribution in [3.8, 4) is 5.75 Å². The zero-order valence-corrected chi connectivity index (χ0v) is 11.4. The number of aliphatic hydroxyl groups is 1. The highest BCUT2D eigenvalue weighted by Crippen LogP contribution is 2.37. The molecule has 4 heteroatoms. The lowest BCUT2D eigenvalue weighted by atomic mass is 9.97. The number of thioether (sulfide) groups is 1. The third-order valence-electron chi connectivity index (χ3n) is 2.99. The molecule has 0 radical (unpaired) electrons. The van der Waals surface area contributed by atoms with Crippen LogP contribution in [0.3, 0.4) is 0 Å². The van der Waals surface area contributed by atoms with Gasteiger partial charge in [0, 0.05) is 17.0 Å². The number of benzene rings is 1. The fourth-order valence-electron chi connectivity index (χ4n) is 2.12. The lowest BCUT2D eigenvalue weighted by molar-refractivity contribution is 0.0616. The largest absolute Gasteiger partial charge is 0.490 e. The van der Waals surface area contributed by atoms with Gasteiger partial charge < -0.3 is 9.84 Å². The second-order valence-corrected chi connectivity index (χ2v) is 5.73. The van der Waals surface area contributed by atoms with Crippen molar-refractivity contribution in [2.75, 3.05) is 12.0 Å². The van der Waals surface area contributed by atoms with Gasteiger partial charge in [-0.2, -0.15) is 11.8 Å². The molecule has 2 unspecified atom stereocenters. The van der Waals surface area contributed by atoms with Crippen LogP contribution in [0.15, 0.2) is 18.2 Å². The van der Waals surface area contributed by atoms with E-state index in [4.69, 9.17) is 16.3 Å². The molecule has 1 aromatic rings. The van der Waals surface area contributed by atoms with Gasteiger partial charge in [0.05, 0.1) is 6.10 Å². The van der Waals surface area contributed by atoms with Crippen LogP contribution in [0.1, 0.15) is 30.9 Å². The van der Waals surface area contributed by atoms with Crippen molar-refractivity contribution in [3.05, 3.63) is 28.8 Å². The molecule has 0 saturated heterocycles. The van der Waals surface area contributed by atoms with Crippen molar-refractivity contribution in [1.82, 2.24) is 0 Å². The van der Waals surface area contributed by atoms with Gasteiger partial charge >= 0.3 is 0 Å². The van der Waals surface area contributed by atoms with Gasteiger partial charge in [0.25, 0.3) is 0 Å². The third kappa shape index (κ3) is 3.30. The molecule has 2 atom stereocenters. The smallest absolute Gasteiger partial charge is 0.125 e. The van der Waals surface area contributed by atoms with Crippen LogP contribution in [0.2, 0.25) is 5.02 Å². The van der Waals surface area contributed by atoms with E-state index in [2.05, 4.69) is 6.26 Å². The maximum absolute atomic E-state index is 10.1. The summed E-state index contributed by atoms with van der Waals surface area (Å²) in [6.45, 7) is 0. The second kappa shape index (κ2) is 5.98. The molecule has 1 aromatic carbocycles. The molecule has 1 N–H and O–H groups in total. The van der Waals surface area contributed by atoms with E-state index in [1.165, 1.54) is 0 Å². The van der Waals surface area contributed by atoms with Crippen molar-refractivity contribution < 1.29 is 9.84 Å². The van der Waals surface area contributed by atoms with Gasteiger partial charge in [-0.3, -0.25) is 0 Å². The molecular weight excluding hydrogens is 256 g/mol. The van der Waals surface area contributed by atoms with Crippen LogP contribution < -0.4 is 4.74 Å². The van der Waals surface area contributed by atoms with Crippen molar-refractivity contribution in [1.29, 1.82) is 0 Å². The Kier molecular flexibility index (Phi) is 4.60. The Hall–Kier alpha value is -0.380. The SMILES string of the molecule is CSCCCC1CC(O)c2cc(Cl)ccc2O1. The Morgan fingerprint density at radius 3 is 3.12 bits per heavy atom. The number of hydrogen-bond donors (Lipinski definition) is 1. The van der Waals surface area contributed by atoms with E-state index in [-0.39, 0.29) is 6.10 Å². The monoisotopic (exact) mass is 272 g/mol. The molecule has 1 aliphatic rings. The van der Waals surface area contributed by atoms with Crippen molar-refractivity contribution >= 4 is 23.4 Å². The van der Waals surface area contributed by atoms with Crippen LogP contribution >= 0.6 is 23.4 Å². The summed E-state index contributed by atoms with van der Waals surface area (Å²) < 4.78 is 5.88. The summed E-state index contributed by atoms with van der Waals surface area (Å²) in [6.07, 6.45) is 4.58. The number of hydrogen-bond acceptors (Lipinski definition) is 3. The molecule has 0 fully saturated rings. The first kappa shape index (κ1) is 13.1. The zero-order chi connectivity index (χ0) is 12.3. The predicted molar refractivity (Wildman–Crippen MR) is 73.1 cm³/mol. The first-order valence-corrected chi connectivity index (χ1v) is 7.61. The number of ether oxygens (including phenoxy) is 1. The topological polar surface area (TPSA) is 29.5 Å². The van der Waals surface area contributed by atoms with E-state index >= 15 is 0 Å². The van der Waals surface area contributed by atoms with Gasteiger partial charge in [-0.25, -0.2) is 0 Å². The summed E-state index contributed by atoms with van der Waals surface area (Å²) in [7, 11) is 0. The molecule has 0 bridgehead atoms. The zero-order valence-electron chi connectivity index (χ0n) is 9.86. The fourth-order valence-corrected chi connectivity index (χ4v) is 2.76. The van der Waals surface area contributed by atoms with E-state index in [1.807, 2.05) is 17.8 Å². The Morgan fingerprint density at radius 2 is 2.35 bits per heavy atom. The van der Waals surface area contributed by atoms with Gasteiger partial charge in [-0.15, -0.1) is 0 Å². The van der Waals surface area contributed by atoms with Gasteiger partial charge in [0.2, 0.25) is 0 Å². The highest BCUT2D eigenvalue weighted by molar-refractivity contribution is 7.98. The number of rotatable bonds is 4. The maximum atomic E-state index is 10.1. The molecule has 0 saturated carbocycles. The Labute approximate surface area is 111 Å². The number of aliphatic hydroxyl groups excluding tert-OH is 1. The third-order valence-corrected chi connectivity index (χ3v) is 3.92. The molecule has 94 valence electrons. The van der Waals surface area contributed by atoms with Gasteiger partial charge in [-0.05, 0) is 43.0 Å². The molecule has 1 aliphatic heterocycles. The molecule has 0 aliphatic carbocycles. The van der Waals surface area contributed by atoms with Gasteiger partial charge in [-0.1, -0.05) is 11.6 Å². The molecule has 0 aromatic heterocycles. The molecule has 17 heavy (non-hydrogen) atoms. The minimum Gasteiger partial charge on any atom is -0.490 e. The number of halogens is 1. The average Bonchev–Trinajstić information content (AvgIpc) is 2.31. The summed E-state index contributed by atoms with van der Waals surface area (Å²) >= 11 is 7.75. The van der Waals surface area contributed by atoms with Crippen molar-refractivity contribution in [3.63, 3.8) is 0 Å². The fraction of sp³-hybridized carbons (Fsp3) is 0.538. The van der Waals surface area contributed by atoms with E-state index in [1.54, 1.807) is 12.1 Å². The standard InChI is InChI=1S/C13H17ClO2S/c1-17-6-2-3-10-8-12(15)11-7-9(14)4-5-13(11)16-10/h4-5,7,10,12,15H,2-3,6,8H2,1H3. The first-order chi connectivity index (χ1) is 8.20. The molecule has 2 rings (SSSR count). The average molecular weight is 273 g/mol. The molecule has 2 nitrogen and oxygen atoms in total. The first-order valence-electron chi connectivity index (χ1n) is 5.84. The van der Waals surface area contributed by atoms with E-state index < -0.39 is 6.10 Å². The summed E-state index contributed by atoms with van der Waals surface area (Å²) in [4.78, 5) is 0. The summed E-state index contributed by atoms with van der Waals surface area (Å²) in [6, 6.07) is 5.44. The predicted octanol–water partition coefficient (Wildman–Crippen LogP) is 3.67. The minimum atomic E-state index is -0.447. The normalized spacial score (nSPS) is 23.0. The van der Waals surface area contributed by atoms with Crippen molar-refractivity contribution in [2.24, 2.45) is 0 Å². The van der Waals surface area contributed by atoms with Crippen LogP contribution in [0.5, 0.6) is 5.75 Å². The lowest BCUT2D eigenvalue weighted by Crippen LogP contribution is -2.25. The Bertz CT molecular complexity index is 384. The van der Waals surface area contributed by atoms with E-state index in [0.29, 0.717) is 11.4 Å². The Balaban J connectivity index is 2.03. The van der Waals surface area contributed by atoms with Crippen LogP contribution in [0.4, 0.5) is 0 Å². The number of fused-ring (bicyclic) bond motifs is 1. The summed E-state index contributed by atoms with van der Waals surface area (Å²) in [5.41, 5.74) is 0.818. The summed E-state index contributed by atoms with van der Waals surface area (Å²) in [5, 5.41) is 10.7. The molecule has 0 spiro atoms. The highest BCUT2D eigenvalue weighted by atomic mass is 35.5. The highest BCUT2D eigenvalue weighted by Gasteiger charge is 2.26. The van der Waals surface area contributed by atoms with Crippen LogP contribution in [0.25, 0.3) is 0 Å². The quantitative estimate of drug-likeness (QED) is 0.848. The maximum Gasteiger partial charge on any atom is 0.125 e. The van der Waals surface area contributed by atoms with Gasteiger partial charge in [0.1, 0.15) is 11.9 Å². The second-order valence-electron chi connectivity index (χ2n) is 4.31. The van der Waals surface area contributed by atoms with E-state index in [9.17, 15) is 5.11 Å². The van der Waals surface area contributed by atoms with Crippen molar-refractivity contribution in [2.45, 2.75) is 31.5 Å². The molecular formula is C13H17ClO2S. The molecule has 0 amide bonds. The van der Waals surface area contributed by atoms with Crippen LogP contribution in [0, 0.1) is 0 Å². The molecule has 1 heterocycles. The summed E-state index contributed by atoms with van der Waals surface area (Å²) in [5.74, 6) is 1.92.